The van der Waals surface area contributed by atoms with Crippen molar-refractivity contribution in [2.45, 2.75) is 23.7 Å². The third-order valence-corrected chi connectivity index (χ3v) is 3.41. The largest absolute Gasteiger partial charge is 0.326 e. The summed E-state index contributed by atoms with van der Waals surface area (Å²) >= 11 is 1.48. The molecule has 2 N–H and O–H groups in total. The molecule has 0 unspecified atom stereocenters. The van der Waals surface area contributed by atoms with Crippen LogP contribution in [0.25, 0.3) is 0 Å². The van der Waals surface area contributed by atoms with Crippen LogP contribution in [0.5, 0.6) is 0 Å². The Morgan fingerprint density at radius 2 is 2.25 bits per heavy atom. The fourth-order valence-electron chi connectivity index (χ4n) is 1.36. The van der Waals surface area contributed by atoms with E-state index in [2.05, 4.69) is 15.1 Å². The molecule has 0 aromatic carbocycles. The van der Waals surface area contributed by atoms with Crippen molar-refractivity contribution >= 4 is 11.8 Å². The number of aromatic nitrogens is 4. The minimum Gasteiger partial charge on any atom is -0.326 e. The van der Waals surface area contributed by atoms with Crippen LogP contribution < -0.4 is 5.73 Å². The van der Waals surface area contributed by atoms with Crippen LogP contribution in [0.15, 0.2) is 28.8 Å². The summed E-state index contributed by atoms with van der Waals surface area (Å²) in [6, 6.07) is 1.96. The molecule has 6 heteroatoms. The molecule has 84 valence electrons. The molecule has 0 aliphatic heterocycles. The maximum atomic E-state index is 5.72. The van der Waals surface area contributed by atoms with Crippen molar-refractivity contribution in [1.82, 2.24) is 19.7 Å². The van der Waals surface area contributed by atoms with Gasteiger partial charge in [-0.25, -0.2) is 14.6 Å². The highest BCUT2D eigenvalue weighted by Crippen LogP contribution is 2.27. The molecule has 2 aromatic heterocycles. The number of nitrogens with zero attached hydrogens (tertiary/aromatic N) is 4. The highest BCUT2D eigenvalue weighted by molar-refractivity contribution is 7.99. The summed E-state index contributed by atoms with van der Waals surface area (Å²) in [5, 5.41) is 5.73. The Morgan fingerprint density at radius 3 is 2.88 bits per heavy atom. The standard InChI is InChI=1S/C10H13N5S/c1-7-3-4-12-9(8(7)5-11)16-10-13-6-14-15(10)2/h3-4,6H,5,11H2,1-2H3. The molecule has 0 radical (unpaired) electrons. The van der Waals surface area contributed by atoms with Gasteiger partial charge in [0.2, 0.25) is 0 Å². The van der Waals surface area contributed by atoms with Crippen LogP contribution in [0.3, 0.4) is 0 Å². The van der Waals surface area contributed by atoms with Gasteiger partial charge in [-0.3, -0.25) is 0 Å². The fourth-order valence-corrected chi connectivity index (χ4v) is 2.30. The van der Waals surface area contributed by atoms with Crippen molar-refractivity contribution in [3.63, 3.8) is 0 Å². The van der Waals surface area contributed by atoms with Crippen molar-refractivity contribution < 1.29 is 0 Å². The van der Waals surface area contributed by atoms with Crippen molar-refractivity contribution in [3.05, 3.63) is 29.7 Å². The molecule has 0 aliphatic rings. The molecule has 2 rings (SSSR count). The second-order valence-electron chi connectivity index (χ2n) is 3.38. The number of pyridine rings is 1. The zero-order chi connectivity index (χ0) is 11.5. The summed E-state index contributed by atoms with van der Waals surface area (Å²) in [6.45, 7) is 2.52. The molecule has 5 nitrogen and oxygen atoms in total. The van der Waals surface area contributed by atoms with Gasteiger partial charge in [-0.2, -0.15) is 5.10 Å². The Balaban J connectivity index is 2.35. The van der Waals surface area contributed by atoms with Crippen LogP contribution in [0.1, 0.15) is 11.1 Å². The maximum absolute atomic E-state index is 5.72. The van der Waals surface area contributed by atoms with E-state index in [-0.39, 0.29) is 0 Å². The lowest BCUT2D eigenvalue weighted by molar-refractivity contribution is 0.684. The van der Waals surface area contributed by atoms with E-state index >= 15 is 0 Å². The summed E-state index contributed by atoms with van der Waals surface area (Å²) in [5.74, 6) is 0. The van der Waals surface area contributed by atoms with E-state index in [1.807, 2.05) is 20.0 Å². The number of hydrogen-bond acceptors (Lipinski definition) is 5. The van der Waals surface area contributed by atoms with Crippen LogP contribution in [-0.2, 0) is 13.6 Å². The van der Waals surface area contributed by atoms with E-state index in [0.29, 0.717) is 6.54 Å². The van der Waals surface area contributed by atoms with Gasteiger partial charge in [-0.1, -0.05) is 0 Å². The van der Waals surface area contributed by atoms with Gasteiger partial charge in [0.1, 0.15) is 11.4 Å². The Kier molecular flexibility index (Phi) is 3.21. The first kappa shape index (κ1) is 11.1. The average molecular weight is 235 g/mol. The number of rotatable bonds is 3. The number of aryl methyl sites for hydroxylation is 2. The molecule has 0 saturated carbocycles. The monoisotopic (exact) mass is 235 g/mol. The van der Waals surface area contributed by atoms with E-state index in [1.54, 1.807) is 10.9 Å². The minimum atomic E-state index is 0.486. The van der Waals surface area contributed by atoms with Gasteiger partial charge in [0, 0.05) is 25.4 Å². The molecular weight excluding hydrogens is 222 g/mol. The number of nitrogens with two attached hydrogens (primary N) is 1. The van der Waals surface area contributed by atoms with E-state index in [9.17, 15) is 0 Å². The average Bonchev–Trinajstić information content (AvgIpc) is 2.65. The molecule has 0 bridgehead atoms. The molecule has 0 saturated heterocycles. The fraction of sp³-hybridized carbons (Fsp3) is 0.300. The lowest BCUT2D eigenvalue weighted by atomic mass is 10.2. The highest BCUT2D eigenvalue weighted by atomic mass is 32.2. The molecule has 0 atom stereocenters. The van der Waals surface area contributed by atoms with Gasteiger partial charge < -0.3 is 5.73 Å². The quantitative estimate of drug-likeness (QED) is 0.863. The van der Waals surface area contributed by atoms with E-state index in [4.69, 9.17) is 5.73 Å². The SMILES string of the molecule is Cc1ccnc(Sc2ncnn2C)c1CN. The van der Waals surface area contributed by atoms with E-state index in [0.717, 1.165) is 21.3 Å². The molecule has 0 amide bonds. The van der Waals surface area contributed by atoms with E-state index in [1.165, 1.54) is 18.1 Å². The van der Waals surface area contributed by atoms with Crippen LogP contribution in [0.2, 0.25) is 0 Å². The van der Waals surface area contributed by atoms with Gasteiger partial charge in [0.15, 0.2) is 5.16 Å². The van der Waals surface area contributed by atoms with Crippen molar-refractivity contribution in [1.29, 1.82) is 0 Å². The smallest absolute Gasteiger partial charge is 0.192 e. The van der Waals surface area contributed by atoms with Crippen molar-refractivity contribution in [3.8, 4) is 0 Å². The third-order valence-electron chi connectivity index (χ3n) is 2.31. The zero-order valence-corrected chi connectivity index (χ0v) is 10.0. The Hall–Kier alpha value is -1.40. The number of hydrogen-bond donors (Lipinski definition) is 1. The molecule has 2 aromatic rings. The van der Waals surface area contributed by atoms with Gasteiger partial charge in [-0.05, 0) is 30.3 Å². The summed E-state index contributed by atoms with van der Waals surface area (Å²) in [6.07, 6.45) is 3.31. The second kappa shape index (κ2) is 4.63. The zero-order valence-electron chi connectivity index (χ0n) is 9.21. The third kappa shape index (κ3) is 2.07. The van der Waals surface area contributed by atoms with Crippen LogP contribution in [-0.4, -0.2) is 19.7 Å². The Bertz CT molecular complexity index is 494. The lowest BCUT2D eigenvalue weighted by Gasteiger charge is -2.08. The van der Waals surface area contributed by atoms with Crippen molar-refractivity contribution in [2.75, 3.05) is 0 Å². The summed E-state index contributed by atoms with van der Waals surface area (Å²) in [7, 11) is 1.85. The predicted octanol–water partition coefficient (Wildman–Crippen LogP) is 1.13. The summed E-state index contributed by atoms with van der Waals surface area (Å²) < 4.78 is 1.72. The molecule has 0 fully saturated rings. The molecular formula is C10H13N5S. The first-order chi connectivity index (χ1) is 7.72. The Morgan fingerprint density at radius 1 is 1.44 bits per heavy atom. The molecule has 16 heavy (non-hydrogen) atoms. The van der Waals surface area contributed by atoms with Gasteiger partial charge in [0.05, 0.1) is 0 Å². The van der Waals surface area contributed by atoms with Gasteiger partial charge in [-0.15, -0.1) is 0 Å². The lowest BCUT2D eigenvalue weighted by Crippen LogP contribution is -2.03. The predicted molar refractivity (Wildman–Crippen MR) is 62.0 cm³/mol. The molecule has 2 heterocycles. The van der Waals surface area contributed by atoms with Gasteiger partial charge >= 0.3 is 0 Å². The van der Waals surface area contributed by atoms with Crippen molar-refractivity contribution in [2.24, 2.45) is 12.8 Å². The summed E-state index contributed by atoms with van der Waals surface area (Å²) in [5.41, 5.74) is 7.94. The highest BCUT2D eigenvalue weighted by Gasteiger charge is 2.10. The normalized spacial score (nSPS) is 10.7. The van der Waals surface area contributed by atoms with Crippen LogP contribution >= 0.6 is 11.8 Å². The second-order valence-corrected chi connectivity index (χ2v) is 4.34. The first-order valence-corrected chi connectivity index (χ1v) is 5.70. The molecule has 0 aliphatic carbocycles. The first-order valence-electron chi connectivity index (χ1n) is 4.88. The molecule has 0 spiro atoms. The summed E-state index contributed by atoms with van der Waals surface area (Å²) in [4.78, 5) is 8.48. The van der Waals surface area contributed by atoms with Crippen LogP contribution in [0.4, 0.5) is 0 Å². The Labute approximate surface area is 98.1 Å². The minimum absolute atomic E-state index is 0.486. The maximum Gasteiger partial charge on any atom is 0.192 e. The van der Waals surface area contributed by atoms with Crippen LogP contribution in [0, 0.1) is 6.92 Å². The van der Waals surface area contributed by atoms with Gasteiger partial charge in [0.25, 0.3) is 0 Å². The van der Waals surface area contributed by atoms with E-state index < -0.39 is 0 Å². The topological polar surface area (TPSA) is 69.6 Å².